The van der Waals surface area contributed by atoms with Crippen LogP contribution in [0.1, 0.15) is 0 Å². The molecule has 9 nitrogen and oxygen atoms in total. The molecule has 4 aromatic rings. The van der Waals surface area contributed by atoms with Crippen molar-refractivity contribution in [1.29, 1.82) is 0 Å². The second-order valence-corrected chi connectivity index (χ2v) is 5.52. The highest BCUT2D eigenvalue weighted by atomic mass is 16.6. The Bertz CT molecular complexity index is 1120. The van der Waals surface area contributed by atoms with Crippen LogP contribution in [0.3, 0.4) is 0 Å². The van der Waals surface area contributed by atoms with Crippen molar-refractivity contribution in [2.75, 3.05) is 7.11 Å². The van der Waals surface area contributed by atoms with Crippen LogP contribution in [0.25, 0.3) is 17.0 Å². The van der Waals surface area contributed by atoms with Gasteiger partial charge in [-0.05, 0) is 36.4 Å². The van der Waals surface area contributed by atoms with Gasteiger partial charge in [0.1, 0.15) is 5.75 Å². The van der Waals surface area contributed by atoms with Crippen molar-refractivity contribution in [3.05, 3.63) is 70.8 Å². The monoisotopic (exact) mass is 363 g/mol. The number of rotatable bonds is 5. The molecule has 2 aromatic heterocycles. The average molecular weight is 363 g/mol. The highest BCUT2D eigenvalue weighted by molar-refractivity contribution is 5.60. The zero-order valence-corrected chi connectivity index (χ0v) is 14.1. The predicted molar refractivity (Wildman–Crippen MR) is 95.9 cm³/mol. The Morgan fingerprint density at radius 1 is 1.00 bits per heavy atom. The van der Waals surface area contributed by atoms with Crippen LogP contribution in [0.15, 0.2) is 60.7 Å². The molecule has 0 amide bonds. The number of nitro benzene ring substituents is 1. The lowest BCUT2D eigenvalue weighted by Crippen LogP contribution is -1.99. The van der Waals surface area contributed by atoms with Gasteiger partial charge in [0.05, 0.1) is 12.0 Å². The smallest absolute Gasteiger partial charge is 0.311 e. The van der Waals surface area contributed by atoms with Crippen LogP contribution in [-0.4, -0.2) is 31.8 Å². The van der Waals surface area contributed by atoms with Crippen LogP contribution in [0.2, 0.25) is 0 Å². The molecule has 134 valence electrons. The van der Waals surface area contributed by atoms with Gasteiger partial charge in [-0.1, -0.05) is 12.1 Å². The number of fused-ring (bicyclic) bond motifs is 1. The molecular weight excluding hydrogens is 350 g/mol. The third-order valence-corrected chi connectivity index (χ3v) is 3.86. The number of para-hydroxylation sites is 2. The average Bonchev–Trinajstić information content (AvgIpc) is 3.11. The molecule has 0 saturated heterocycles. The summed E-state index contributed by atoms with van der Waals surface area (Å²) in [5, 5.41) is 23.8. The molecule has 0 bridgehead atoms. The highest BCUT2D eigenvalue weighted by Crippen LogP contribution is 2.30. The van der Waals surface area contributed by atoms with Gasteiger partial charge >= 0.3 is 5.69 Å². The lowest BCUT2D eigenvalue weighted by atomic mass is 10.2. The van der Waals surface area contributed by atoms with Gasteiger partial charge in [-0.2, -0.15) is 4.52 Å². The van der Waals surface area contributed by atoms with E-state index in [1.165, 1.54) is 16.6 Å². The molecule has 0 aliphatic carbocycles. The van der Waals surface area contributed by atoms with Crippen molar-refractivity contribution in [2.24, 2.45) is 0 Å². The number of nitro groups is 1. The van der Waals surface area contributed by atoms with Gasteiger partial charge in [-0.3, -0.25) is 10.1 Å². The molecule has 27 heavy (non-hydrogen) atoms. The fraction of sp³-hybridized carbons (Fsp3) is 0.0556. The maximum atomic E-state index is 11.1. The molecule has 0 fully saturated rings. The van der Waals surface area contributed by atoms with E-state index in [4.69, 9.17) is 9.47 Å². The fourth-order valence-corrected chi connectivity index (χ4v) is 2.55. The Morgan fingerprint density at radius 3 is 2.52 bits per heavy atom. The first-order valence-corrected chi connectivity index (χ1v) is 7.94. The molecule has 0 N–H and O–H groups in total. The Morgan fingerprint density at radius 2 is 1.78 bits per heavy atom. The normalized spacial score (nSPS) is 10.7. The molecule has 0 aliphatic heterocycles. The minimum atomic E-state index is -0.505. The SMILES string of the molecule is COc1ccc(-c2nnc3ccc(Oc4ccccc4[N+](=O)[O-])nn23)cc1. The first kappa shape index (κ1) is 16.5. The fourth-order valence-electron chi connectivity index (χ4n) is 2.55. The minimum absolute atomic E-state index is 0.105. The third kappa shape index (κ3) is 3.13. The summed E-state index contributed by atoms with van der Waals surface area (Å²) in [6.45, 7) is 0. The van der Waals surface area contributed by atoms with Crippen molar-refractivity contribution in [1.82, 2.24) is 19.8 Å². The molecule has 2 heterocycles. The molecule has 0 aliphatic rings. The van der Waals surface area contributed by atoms with E-state index in [-0.39, 0.29) is 17.3 Å². The predicted octanol–water partition coefficient (Wildman–Crippen LogP) is 3.50. The quantitative estimate of drug-likeness (QED) is 0.395. The molecule has 2 aromatic carbocycles. The number of methoxy groups -OCH3 is 1. The van der Waals surface area contributed by atoms with Crippen LogP contribution >= 0.6 is 0 Å². The van der Waals surface area contributed by atoms with E-state index in [2.05, 4.69) is 15.3 Å². The van der Waals surface area contributed by atoms with Gasteiger partial charge < -0.3 is 9.47 Å². The lowest BCUT2D eigenvalue weighted by Gasteiger charge is -2.06. The molecular formula is C18H13N5O4. The molecule has 0 atom stereocenters. The van der Waals surface area contributed by atoms with Crippen LogP contribution in [0.4, 0.5) is 5.69 Å². The zero-order valence-electron chi connectivity index (χ0n) is 14.1. The topological polar surface area (TPSA) is 105 Å². The van der Waals surface area contributed by atoms with Crippen LogP contribution in [-0.2, 0) is 0 Å². The summed E-state index contributed by atoms with van der Waals surface area (Å²) in [7, 11) is 1.59. The van der Waals surface area contributed by atoms with Gasteiger partial charge in [0, 0.05) is 17.7 Å². The molecule has 4 rings (SSSR count). The summed E-state index contributed by atoms with van der Waals surface area (Å²) in [4.78, 5) is 10.6. The molecule has 0 spiro atoms. The van der Waals surface area contributed by atoms with E-state index in [9.17, 15) is 10.1 Å². The van der Waals surface area contributed by atoms with Gasteiger partial charge in [-0.25, -0.2) is 0 Å². The largest absolute Gasteiger partial charge is 0.497 e. The van der Waals surface area contributed by atoms with E-state index in [0.717, 1.165) is 11.3 Å². The van der Waals surface area contributed by atoms with Crippen molar-refractivity contribution < 1.29 is 14.4 Å². The van der Waals surface area contributed by atoms with E-state index in [1.807, 2.05) is 24.3 Å². The summed E-state index contributed by atoms with van der Waals surface area (Å²) < 4.78 is 12.3. The van der Waals surface area contributed by atoms with Gasteiger partial charge in [0.25, 0.3) is 0 Å². The highest BCUT2D eigenvalue weighted by Gasteiger charge is 2.16. The van der Waals surface area contributed by atoms with Crippen molar-refractivity contribution in [2.45, 2.75) is 0 Å². The van der Waals surface area contributed by atoms with E-state index < -0.39 is 4.92 Å². The number of ether oxygens (including phenoxy) is 2. The number of aromatic nitrogens is 4. The minimum Gasteiger partial charge on any atom is -0.497 e. The summed E-state index contributed by atoms with van der Waals surface area (Å²) in [5.74, 6) is 1.53. The van der Waals surface area contributed by atoms with E-state index in [0.29, 0.717) is 11.5 Å². The summed E-state index contributed by atoms with van der Waals surface area (Å²) in [5.41, 5.74) is 1.17. The van der Waals surface area contributed by atoms with Crippen molar-refractivity contribution >= 4 is 11.3 Å². The molecule has 0 radical (unpaired) electrons. The number of hydrogen-bond donors (Lipinski definition) is 0. The van der Waals surface area contributed by atoms with Crippen LogP contribution in [0.5, 0.6) is 17.4 Å². The Balaban J connectivity index is 1.73. The maximum Gasteiger partial charge on any atom is 0.311 e. The third-order valence-electron chi connectivity index (χ3n) is 3.86. The Hall–Kier alpha value is -4.01. The van der Waals surface area contributed by atoms with E-state index >= 15 is 0 Å². The molecule has 9 heteroatoms. The standard InChI is InChI=1S/C18H13N5O4/c1-26-13-8-6-12(7-9-13)18-20-19-16-10-11-17(21-22(16)18)27-15-5-3-2-4-14(15)23(24)25/h2-11H,1H3. The van der Waals surface area contributed by atoms with Gasteiger partial charge in [0.15, 0.2) is 11.5 Å². The number of benzene rings is 2. The van der Waals surface area contributed by atoms with Crippen LogP contribution in [0, 0.1) is 10.1 Å². The van der Waals surface area contributed by atoms with Gasteiger partial charge in [0.2, 0.25) is 11.6 Å². The second-order valence-electron chi connectivity index (χ2n) is 5.52. The Kier molecular flexibility index (Phi) is 4.09. The van der Waals surface area contributed by atoms with Gasteiger partial charge in [-0.15, -0.1) is 15.3 Å². The van der Waals surface area contributed by atoms with Crippen LogP contribution < -0.4 is 9.47 Å². The number of hydrogen-bond acceptors (Lipinski definition) is 7. The number of nitrogens with zero attached hydrogens (tertiary/aromatic N) is 5. The first-order chi connectivity index (χ1) is 13.2. The van der Waals surface area contributed by atoms with E-state index in [1.54, 1.807) is 31.4 Å². The summed E-state index contributed by atoms with van der Waals surface area (Å²) in [6, 6.07) is 16.7. The maximum absolute atomic E-state index is 11.1. The summed E-state index contributed by atoms with van der Waals surface area (Å²) >= 11 is 0. The summed E-state index contributed by atoms with van der Waals surface area (Å²) in [6.07, 6.45) is 0. The molecule has 0 unspecified atom stereocenters. The lowest BCUT2D eigenvalue weighted by molar-refractivity contribution is -0.385. The second kappa shape index (κ2) is 6.71. The zero-order chi connectivity index (χ0) is 18.8. The van der Waals surface area contributed by atoms with Crippen molar-refractivity contribution in [3.8, 4) is 28.8 Å². The first-order valence-electron chi connectivity index (χ1n) is 7.94. The van der Waals surface area contributed by atoms with Crippen molar-refractivity contribution in [3.63, 3.8) is 0 Å². The molecule has 0 saturated carbocycles. The Labute approximate surface area is 153 Å².